The van der Waals surface area contributed by atoms with Crippen LogP contribution in [-0.4, -0.2) is 40.8 Å². The molecule has 152 valence electrons. The minimum atomic E-state index is -0.440. The second-order valence-electron chi connectivity index (χ2n) is 6.82. The Bertz CT molecular complexity index is 1120. The first-order valence-corrected chi connectivity index (χ1v) is 9.09. The molecule has 0 unspecified atom stereocenters. The van der Waals surface area contributed by atoms with E-state index in [1.54, 1.807) is 31.4 Å². The second kappa shape index (κ2) is 8.22. The van der Waals surface area contributed by atoms with Crippen LogP contribution < -0.4 is 20.3 Å². The highest BCUT2D eigenvalue weighted by atomic mass is 16.5. The number of fused-ring (bicyclic) bond motifs is 1. The van der Waals surface area contributed by atoms with Gasteiger partial charge in [0, 0.05) is 17.7 Å². The standard InChI is InChI=1S/C21H23N3O5/c1-12(2)22-19(26)11-24-20(13-6-5-7-14(8-13)28-3)23-16-10-18(29-4)17(25)9-15(16)21(24)27/h5-10,12,25H,11H2,1-4H3,(H,22,26). The molecule has 0 fully saturated rings. The number of aromatic nitrogens is 2. The zero-order valence-corrected chi connectivity index (χ0v) is 16.7. The number of nitrogens with zero attached hydrogens (tertiary/aromatic N) is 2. The normalized spacial score (nSPS) is 10.9. The molecule has 2 N–H and O–H groups in total. The van der Waals surface area contributed by atoms with E-state index in [9.17, 15) is 14.7 Å². The molecule has 1 heterocycles. The Balaban J connectivity index is 2.27. The largest absolute Gasteiger partial charge is 0.504 e. The average Bonchev–Trinajstić information content (AvgIpc) is 2.69. The van der Waals surface area contributed by atoms with Gasteiger partial charge in [0.1, 0.15) is 18.1 Å². The lowest BCUT2D eigenvalue weighted by Gasteiger charge is -2.16. The van der Waals surface area contributed by atoms with Crippen molar-refractivity contribution in [1.82, 2.24) is 14.9 Å². The Morgan fingerprint density at radius 3 is 2.62 bits per heavy atom. The van der Waals surface area contributed by atoms with Gasteiger partial charge in [-0.1, -0.05) is 12.1 Å². The zero-order chi connectivity index (χ0) is 21.1. The topological polar surface area (TPSA) is 103 Å². The van der Waals surface area contributed by atoms with E-state index in [2.05, 4.69) is 10.3 Å². The van der Waals surface area contributed by atoms with E-state index in [-0.39, 0.29) is 35.4 Å². The van der Waals surface area contributed by atoms with Gasteiger partial charge in [0.15, 0.2) is 11.5 Å². The predicted octanol–water partition coefficient (Wildman–Crippen LogP) is 2.31. The molecule has 0 spiro atoms. The number of hydrogen-bond donors (Lipinski definition) is 2. The minimum Gasteiger partial charge on any atom is -0.504 e. The predicted molar refractivity (Wildman–Crippen MR) is 109 cm³/mol. The summed E-state index contributed by atoms with van der Waals surface area (Å²) in [5.74, 6) is 0.624. The molecular formula is C21H23N3O5. The summed E-state index contributed by atoms with van der Waals surface area (Å²) < 4.78 is 11.7. The molecule has 0 radical (unpaired) electrons. The van der Waals surface area contributed by atoms with Gasteiger partial charge in [0.25, 0.3) is 5.56 Å². The van der Waals surface area contributed by atoms with Crippen LogP contribution in [0.2, 0.25) is 0 Å². The first kappa shape index (κ1) is 20.2. The summed E-state index contributed by atoms with van der Waals surface area (Å²) in [6.07, 6.45) is 0. The van der Waals surface area contributed by atoms with Crippen LogP contribution in [-0.2, 0) is 11.3 Å². The van der Waals surface area contributed by atoms with E-state index in [0.29, 0.717) is 22.7 Å². The van der Waals surface area contributed by atoms with Crippen LogP contribution in [0.3, 0.4) is 0 Å². The summed E-state index contributed by atoms with van der Waals surface area (Å²) in [4.78, 5) is 30.2. The van der Waals surface area contributed by atoms with Crippen molar-refractivity contribution in [2.45, 2.75) is 26.4 Å². The molecule has 1 amide bonds. The van der Waals surface area contributed by atoms with Gasteiger partial charge in [0.2, 0.25) is 5.91 Å². The number of rotatable bonds is 6. The number of nitrogens with one attached hydrogen (secondary N) is 1. The first-order valence-electron chi connectivity index (χ1n) is 9.09. The van der Waals surface area contributed by atoms with Crippen molar-refractivity contribution in [1.29, 1.82) is 0 Å². The van der Waals surface area contributed by atoms with Gasteiger partial charge in [0.05, 0.1) is 25.1 Å². The maximum absolute atomic E-state index is 13.2. The highest BCUT2D eigenvalue weighted by Crippen LogP contribution is 2.30. The summed E-state index contributed by atoms with van der Waals surface area (Å²) >= 11 is 0. The third-order valence-corrected chi connectivity index (χ3v) is 4.33. The van der Waals surface area contributed by atoms with Crippen LogP contribution >= 0.6 is 0 Å². The van der Waals surface area contributed by atoms with E-state index in [0.717, 1.165) is 0 Å². The van der Waals surface area contributed by atoms with Crippen molar-refractivity contribution in [3.8, 4) is 28.6 Å². The number of phenols is 1. The van der Waals surface area contributed by atoms with Gasteiger partial charge in [-0.3, -0.25) is 14.2 Å². The first-order chi connectivity index (χ1) is 13.8. The molecule has 0 saturated carbocycles. The molecule has 29 heavy (non-hydrogen) atoms. The molecule has 3 aromatic rings. The number of hydrogen-bond acceptors (Lipinski definition) is 6. The van der Waals surface area contributed by atoms with Gasteiger partial charge in [-0.05, 0) is 32.0 Å². The molecule has 0 saturated heterocycles. The van der Waals surface area contributed by atoms with E-state index in [4.69, 9.17) is 9.47 Å². The SMILES string of the molecule is COc1cccc(-c2nc3cc(OC)c(O)cc3c(=O)n2CC(=O)NC(C)C)c1. The van der Waals surface area contributed by atoms with Crippen LogP contribution in [0.25, 0.3) is 22.3 Å². The quantitative estimate of drug-likeness (QED) is 0.662. The van der Waals surface area contributed by atoms with E-state index in [1.165, 1.54) is 23.8 Å². The molecule has 0 bridgehead atoms. The molecule has 3 rings (SSSR count). The Morgan fingerprint density at radius 1 is 1.21 bits per heavy atom. The summed E-state index contributed by atoms with van der Waals surface area (Å²) in [5, 5.41) is 13.0. The Hall–Kier alpha value is -3.55. The number of carbonyl (C=O) groups is 1. The van der Waals surface area contributed by atoms with E-state index >= 15 is 0 Å². The fourth-order valence-electron chi connectivity index (χ4n) is 3.04. The van der Waals surface area contributed by atoms with Crippen molar-refractivity contribution >= 4 is 16.8 Å². The molecule has 2 aromatic carbocycles. The summed E-state index contributed by atoms with van der Waals surface area (Å²) in [7, 11) is 2.96. The van der Waals surface area contributed by atoms with Crippen molar-refractivity contribution in [3.63, 3.8) is 0 Å². The van der Waals surface area contributed by atoms with Crippen molar-refractivity contribution in [2.75, 3.05) is 14.2 Å². The third-order valence-electron chi connectivity index (χ3n) is 4.33. The fraction of sp³-hybridized carbons (Fsp3) is 0.286. The number of carbonyl (C=O) groups excluding carboxylic acids is 1. The van der Waals surface area contributed by atoms with Gasteiger partial charge in [-0.15, -0.1) is 0 Å². The van der Waals surface area contributed by atoms with Crippen LogP contribution in [0.1, 0.15) is 13.8 Å². The van der Waals surface area contributed by atoms with Crippen LogP contribution in [0.4, 0.5) is 0 Å². The van der Waals surface area contributed by atoms with Crippen LogP contribution in [0.15, 0.2) is 41.2 Å². The number of benzene rings is 2. The highest BCUT2D eigenvalue weighted by Gasteiger charge is 2.18. The van der Waals surface area contributed by atoms with Gasteiger partial charge >= 0.3 is 0 Å². The number of phenolic OH excluding ortho intramolecular Hbond substituents is 1. The lowest BCUT2D eigenvalue weighted by Crippen LogP contribution is -2.37. The lowest BCUT2D eigenvalue weighted by molar-refractivity contribution is -0.122. The molecule has 8 heteroatoms. The summed E-state index contributed by atoms with van der Waals surface area (Å²) in [6, 6.07) is 9.80. The summed E-state index contributed by atoms with van der Waals surface area (Å²) in [5.41, 5.74) is 0.528. The lowest BCUT2D eigenvalue weighted by atomic mass is 10.1. The maximum Gasteiger partial charge on any atom is 0.262 e. The molecular weight excluding hydrogens is 374 g/mol. The Kier molecular flexibility index (Phi) is 5.72. The molecule has 0 aliphatic carbocycles. The smallest absolute Gasteiger partial charge is 0.262 e. The van der Waals surface area contributed by atoms with E-state index < -0.39 is 5.56 Å². The van der Waals surface area contributed by atoms with Gasteiger partial charge in [-0.2, -0.15) is 0 Å². The fourth-order valence-corrected chi connectivity index (χ4v) is 3.04. The highest BCUT2D eigenvalue weighted by molar-refractivity contribution is 5.84. The van der Waals surface area contributed by atoms with Gasteiger partial charge < -0.3 is 19.9 Å². The molecule has 8 nitrogen and oxygen atoms in total. The molecule has 0 atom stereocenters. The van der Waals surface area contributed by atoms with Crippen molar-refractivity contribution < 1.29 is 19.4 Å². The monoisotopic (exact) mass is 397 g/mol. The number of ether oxygens (including phenoxy) is 2. The minimum absolute atomic E-state index is 0.0693. The van der Waals surface area contributed by atoms with Gasteiger partial charge in [-0.25, -0.2) is 4.98 Å². The second-order valence-corrected chi connectivity index (χ2v) is 6.82. The molecule has 0 aliphatic heterocycles. The molecule has 1 aromatic heterocycles. The Labute approximate surface area is 167 Å². The van der Waals surface area contributed by atoms with Crippen molar-refractivity contribution in [3.05, 3.63) is 46.8 Å². The number of methoxy groups -OCH3 is 2. The molecule has 0 aliphatic rings. The maximum atomic E-state index is 13.2. The zero-order valence-electron chi connectivity index (χ0n) is 16.7. The third kappa shape index (κ3) is 4.16. The number of aromatic hydroxyl groups is 1. The summed E-state index contributed by atoms with van der Waals surface area (Å²) in [6.45, 7) is 3.47. The van der Waals surface area contributed by atoms with Crippen molar-refractivity contribution in [2.24, 2.45) is 0 Å². The Morgan fingerprint density at radius 2 is 1.97 bits per heavy atom. The number of amides is 1. The van der Waals surface area contributed by atoms with Crippen LogP contribution in [0, 0.1) is 0 Å². The average molecular weight is 397 g/mol. The van der Waals surface area contributed by atoms with Crippen LogP contribution in [0.5, 0.6) is 17.2 Å². The van der Waals surface area contributed by atoms with E-state index in [1.807, 2.05) is 13.8 Å².